The van der Waals surface area contributed by atoms with Crippen molar-refractivity contribution in [2.24, 2.45) is 0 Å². The van der Waals surface area contributed by atoms with Gasteiger partial charge < -0.3 is 24.8 Å². The monoisotopic (exact) mass is 604 g/mol. The number of aromatic nitrogens is 1. The zero-order chi connectivity index (χ0) is 31.1. The number of nitrogens with zero attached hydrogens (tertiary/aromatic N) is 2. The molecular weight excluding hydrogens is 582 g/mol. The van der Waals surface area contributed by atoms with Crippen LogP contribution in [-0.2, 0) is 28.3 Å². The molecule has 7 nitrogen and oxygen atoms in total. The van der Waals surface area contributed by atoms with E-state index >= 15 is 0 Å². The maximum atomic E-state index is 13.3. The Hall–Kier alpha value is -4.41. The Labute approximate surface area is 239 Å². The number of aliphatic hydroxyl groups is 1. The summed E-state index contributed by atoms with van der Waals surface area (Å²) in [6.07, 6.45) is -11.6. The number of benzene rings is 3. The first-order chi connectivity index (χ1) is 20.1. The van der Waals surface area contributed by atoms with Crippen LogP contribution in [0.25, 0.3) is 16.5 Å². The second-order valence-corrected chi connectivity index (χ2v) is 10.8. The predicted octanol–water partition coefficient (Wildman–Crippen LogP) is 6.63. The van der Waals surface area contributed by atoms with Crippen molar-refractivity contribution in [1.29, 1.82) is 5.26 Å². The maximum Gasteiger partial charge on any atom is 0.416 e. The molecule has 2 aliphatic heterocycles. The summed E-state index contributed by atoms with van der Waals surface area (Å²) in [5.74, 6) is -1.54. The van der Waals surface area contributed by atoms with Crippen LogP contribution in [0.1, 0.15) is 47.6 Å². The van der Waals surface area contributed by atoms with E-state index in [9.17, 15) is 46.9 Å². The lowest BCUT2D eigenvalue weighted by Crippen LogP contribution is -2.33. The Balaban J connectivity index is 1.39. The van der Waals surface area contributed by atoms with Gasteiger partial charge in [-0.25, -0.2) is 0 Å². The van der Waals surface area contributed by atoms with Gasteiger partial charge in [0.1, 0.15) is 17.0 Å². The van der Waals surface area contributed by atoms with Crippen molar-refractivity contribution in [3.8, 4) is 29.3 Å². The largest absolute Gasteiger partial charge is 0.494 e. The van der Waals surface area contributed by atoms with E-state index in [2.05, 4.69) is 6.07 Å². The van der Waals surface area contributed by atoms with Gasteiger partial charge in [-0.05, 0) is 37.3 Å². The minimum absolute atomic E-state index is 0.00688. The molecule has 43 heavy (non-hydrogen) atoms. The van der Waals surface area contributed by atoms with E-state index in [-0.39, 0.29) is 30.0 Å². The van der Waals surface area contributed by atoms with Crippen LogP contribution in [0.15, 0.2) is 54.6 Å². The third kappa shape index (κ3) is 4.27. The average molecular weight is 605 g/mol. The minimum Gasteiger partial charge on any atom is -0.494 e. The molecule has 3 aromatic carbocycles. The molecule has 13 heteroatoms. The first-order valence-corrected chi connectivity index (χ1v) is 13.0. The topological polar surface area (TPSA) is 108 Å². The summed E-state index contributed by atoms with van der Waals surface area (Å²) < 4.78 is 92.5. The van der Waals surface area contributed by atoms with E-state index in [1.54, 1.807) is 30.3 Å². The van der Waals surface area contributed by atoms with Crippen molar-refractivity contribution in [2.45, 2.75) is 49.4 Å². The standard InChI is InChI=1S/C30H22F6N2O5/c1-27-22(39)13-28(43-27,8-9-42-18-11-16(29(31,32)33)10-17(12-18)30(34,35)36)24-23(27)25(40)38(26(24)41)21-7-6-15(14-37)19-4-2-3-5-20(19)21/h2-7,10-12,22,39-41H,8-9,13H2,1H3/t22-,27-,28+/m0/s1. The summed E-state index contributed by atoms with van der Waals surface area (Å²) in [7, 11) is 0. The number of hydrogen-bond donors (Lipinski definition) is 3. The summed E-state index contributed by atoms with van der Waals surface area (Å²) in [5, 5.41) is 44.5. The molecule has 2 bridgehead atoms. The summed E-state index contributed by atoms with van der Waals surface area (Å²) in [6.45, 7) is 1.06. The van der Waals surface area contributed by atoms with Crippen molar-refractivity contribution in [3.05, 3.63) is 82.4 Å². The first-order valence-electron chi connectivity index (χ1n) is 13.0. The number of ether oxygens (including phenoxy) is 2. The van der Waals surface area contributed by atoms with Gasteiger partial charge in [0, 0.05) is 23.6 Å². The highest BCUT2D eigenvalue weighted by Gasteiger charge is 2.66. The zero-order valence-corrected chi connectivity index (χ0v) is 22.2. The molecule has 224 valence electrons. The lowest BCUT2D eigenvalue weighted by atomic mass is 9.76. The molecule has 0 radical (unpaired) electrons. The summed E-state index contributed by atoms with van der Waals surface area (Å²) in [4.78, 5) is 0. The van der Waals surface area contributed by atoms with Crippen molar-refractivity contribution in [3.63, 3.8) is 0 Å². The van der Waals surface area contributed by atoms with Gasteiger partial charge in [0.2, 0.25) is 11.8 Å². The first kappa shape index (κ1) is 28.7. The van der Waals surface area contributed by atoms with Gasteiger partial charge in [0.25, 0.3) is 0 Å². The molecule has 6 rings (SSSR count). The minimum atomic E-state index is -5.05. The van der Waals surface area contributed by atoms with Gasteiger partial charge in [-0.3, -0.25) is 4.57 Å². The summed E-state index contributed by atoms with van der Waals surface area (Å²) in [6, 6.07) is 12.9. The molecule has 0 amide bonds. The summed E-state index contributed by atoms with van der Waals surface area (Å²) >= 11 is 0. The number of aromatic hydroxyl groups is 2. The van der Waals surface area contributed by atoms with Crippen LogP contribution < -0.4 is 4.74 Å². The van der Waals surface area contributed by atoms with Crippen LogP contribution >= 0.6 is 0 Å². The van der Waals surface area contributed by atoms with Crippen molar-refractivity contribution in [2.75, 3.05) is 6.61 Å². The number of fused-ring (bicyclic) bond motifs is 6. The third-order valence-electron chi connectivity index (χ3n) is 8.24. The molecular formula is C30H22F6N2O5. The number of nitriles is 1. The van der Waals surface area contributed by atoms with Crippen LogP contribution in [0.4, 0.5) is 26.3 Å². The fourth-order valence-corrected chi connectivity index (χ4v) is 6.27. The highest BCUT2D eigenvalue weighted by molar-refractivity contribution is 5.95. The molecule has 1 aromatic heterocycles. The Morgan fingerprint density at radius 3 is 2.16 bits per heavy atom. The van der Waals surface area contributed by atoms with Crippen LogP contribution in [0.5, 0.6) is 17.5 Å². The number of aliphatic hydroxyl groups excluding tert-OH is 1. The highest BCUT2D eigenvalue weighted by Crippen LogP contribution is 2.65. The van der Waals surface area contributed by atoms with Crippen LogP contribution in [0.3, 0.4) is 0 Å². The molecule has 3 N–H and O–H groups in total. The molecule has 1 fully saturated rings. The van der Waals surface area contributed by atoms with E-state index in [4.69, 9.17) is 9.47 Å². The second kappa shape index (κ2) is 9.29. The molecule has 3 atom stereocenters. The smallest absolute Gasteiger partial charge is 0.416 e. The molecule has 0 spiro atoms. The Morgan fingerprint density at radius 2 is 1.56 bits per heavy atom. The lowest BCUT2D eigenvalue weighted by molar-refractivity contribution is -0.143. The Kier molecular flexibility index (Phi) is 6.20. The van der Waals surface area contributed by atoms with E-state index in [0.717, 1.165) is 4.57 Å². The quantitative estimate of drug-likeness (QED) is 0.221. The van der Waals surface area contributed by atoms with Crippen molar-refractivity contribution < 1.29 is 51.1 Å². The number of hydrogen-bond acceptors (Lipinski definition) is 6. The Morgan fingerprint density at radius 1 is 0.953 bits per heavy atom. The van der Waals surface area contributed by atoms with E-state index < -0.39 is 64.9 Å². The van der Waals surface area contributed by atoms with Gasteiger partial charge in [0.05, 0.1) is 52.3 Å². The zero-order valence-electron chi connectivity index (χ0n) is 22.2. The van der Waals surface area contributed by atoms with Gasteiger partial charge >= 0.3 is 12.4 Å². The van der Waals surface area contributed by atoms with E-state index in [0.29, 0.717) is 34.2 Å². The predicted molar refractivity (Wildman–Crippen MR) is 139 cm³/mol. The SMILES string of the molecule is C[C@]12O[C@](CCOc3cc(C(F)(F)F)cc(C(F)(F)F)c3)(C[C@@H]1O)c1c2c(O)n(-c2ccc(C#N)c3ccccc23)c1O. The molecule has 3 heterocycles. The van der Waals surface area contributed by atoms with Crippen LogP contribution in [0.2, 0.25) is 0 Å². The van der Waals surface area contributed by atoms with Gasteiger partial charge in [-0.2, -0.15) is 31.6 Å². The van der Waals surface area contributed by atoms with Gasteiger partial charge in [0.15, 0.2) is 0 Å². The molecule has 4 aromatic rings. The molecule has 2 aliphatic rings. The molecule has 0 saturated carbocycles. The highest BCUT2D eigenvalue weighted by atomic mass is 19.4. The summed E-state index contributed by atoms with van der Waals surface area (Å²) in [5.41, 5.74) is -5.16. The number of rotatable bonds is 5. The normalized spacial score (nSPS) is 23.0. The Bertz CT molecular complexity index is 1790. The van der Waals surface area contributed by atoms with Crippen LogP contribution in [0, 0.1) is 11.3 Å². The molecule has 0 aliphatic carbocycles. The molecule has 1 saturated heterocycles. The van der Waals surface area contributed by atoms with Crippen LogP contribution in [-0.4, -0.2) is 32.6 Å². The third-order valence-corrected chi connectivity index (χ3v) is 8.24. The van der Waals surface area contributed by atoms with Gasteiger partial charge in [-0.1, -0.05) is 24.3 Å². The average Bonchev–Trinajstić information content (AvgIpc) is 3.47. The van der Waals surface area contributed by atoms with E-state index in [1.165, 1.54) is 13.0 Å². The van der Waals surface area contributed by atoms with E-state index in [1.807, 2.05) is 0 Å². The number of alkyl halides is 6. The fourth-order valence-electron chi connectivity index (χ4n) is 6.27. The van der Waals surface area contributed by atoms with Crippen molar-refractivity contribution >= 4 is 10.8 Å². The fraction of sp³-hybridized carbons (Fsp3) is 0.300. The lowest BCUT2D eigenvalue weighted by Gasteiger charge is -2.27. The second-order valence-electron chi connectivity index (χ2n) is 10.8. The number of halogens is 6. The van der Waals surface area contributed by atoms with Gasteiger partial charge in [-0.15, -0.1) is 0 Å². The molecule has 0 unspecified atom stereocenters. The van der Waals surface area contributed by atoms with Crippen molar-refractivity contribution in [1.82, 2.24) is 4.57 Å². The maximum absolute atomic E-state index is 13.3.